The summed E-state index contributed by atoms with van der Waals surface area (Å²) < 4.78 is 7.35. The summed E-state index contributed by atoms with van der Waals surface area (Å²) in [6, 6.07) is 7.62. The molecule has 7 heteroatoms. The Morgan fingerprint density at radius 3 is 2.96 bits per heavy atom. The second-order valence-corrected chi connectivity index (χ2v) is 5.70. The third-order valence-corrected chi connectivity index (χ3v) is 3.87. The molecular weight excluding hydrogens is 306 g/mol. The summed E-state index contributed by atoms with van der Waals surface area (Å²) in [5.41, 5.74) is 7.43. The lowest BCUT2D eigenvalue weighted by Crippen LogP contribution is -2.29. The molecule has 0 saturated carbocycles. The number of aromatic nitrogens is 2. The zero-order valence-corrected chi connectivity index (χ0v) is 13.7. The Morgan fingerprint density at radius 1 is 1.42 bits per heavy atom. The molecule has 2 heterocycles. The van der Waals surface area contributed by atoms with Crippen LogP contribution in [0.25, 0.3) is 0 Å². The van der Waals surface area contributed by atoms with Crippen LogP contribution in [0.15, 0.2) is 35.6 Å². The number of benzene rings is 1. The number of imidazole rings is 1. The van der Waals surface area contributed by atoms with E-state index >= 15 is 0 Å². The van der Waals surface area contributed by atoms with Crippen LogP contribution in [-0.4, -0.2) is 46.4 Å². The van der Waals surface area contributed by atoms with Gasteiger partial charge in [0.1, 0.15) is 12.4 Å². The van der Waals surface area contributed by atoms with E-state index in [0.717, 1.165) is 30.0 Å². The van der Waals surface area contributed by atoms with Crippen LogP contribution in [0, 0.1) is 6.92 Å². The molecule has 0 atom stereocenters. The maximum atomic E-state index is 11.6. The fraction of sp³-hybridized carbons (Fsp3) is 0.353. The molecule has 0 unspecified atom stereocenters. The molecule has 2 aromatic rings. The van der Waals surface area contributed by atoms with Gasteiger partial charge in [0, 0.05) is 18.5 Å². The molecule has 1 aromatic heterocycles. The quantitative estimate of drug-likeness (QED) is 0.818. The van der Waals surface area contributed by atoms with E-state index in [9.17, 15) is 4.79 Å². The summed E-state index contributed by atoms with van der Waals surface area (Å²) in [4.78, 5) is 17.5. The first-order valence-corrected chi connectivity index (χ1v) is 7.99. The number of carbonyl (C=O) groups excluding carboxylic acids is 1. The number of anilines is 1. The van der Waals surface area contributed by atoms with E-state index in [-0.39, 0.29) is 5.91 Å². The molecular formula is C17H21N5O2. The van der Waals surface area contributed by atoms with Crippen molar-refractivity contribution in [1.82, 2.24) is 14.6 Å². The smallest absolute Gasteiger partial charge is 0.222 e. The van der Waals surface area contributed by atoms with E-state index in [4.69, 9.17) is 10.5 Å². The van der Waals surface area contributed by atoms with Crippen LogP contribution >= 0.6 is 0 Å². The Bertz CT molecular complexity index is 753. The van der Waals surface area contributed by atoms with Gasteiger partial charge in [-0.05, 0) is 25.5 Å². The normalized spacial score (nSPS) is 14.7. The van der Waals surface area contributed by atoms with Crippen molar-refractivity contribution < 1.29 is 9.53 Å². The number of nitrogen functional groups attached to an aromatic ring is 1. The number of nitrogens with zero attached hydrogens (tertiary/aromatic N) is 4. The van der Waals surface area contributed by atoms with Gasteiger partial charge in [-0.1, -0.05) is 12.1 Å². The number of hydrogen-bond acceptors (Lipinski definition) is 5. The molecule has 126 valence electrons. The Hall–Kier alpha value is -2.83. The number of para-hydroxylation sites is 1. The van der Waals surface area contributed by atoms with Gasteiger partial charge in [0.05, 0.1) is 24.7 Å². The van der Waals surface area contributed by atoms with Crippen molar-refractivity contribution in [2.75, 3.05) is 25.4 Å². The zero-order chi connectivity index (χ0) is 16.9. The van der Waals surface area contributed by atoms with Crippen LogP contribution in [0.1, 0.15) is 24.1 Å². The fourth-order valence-electron chi connectivity index (χ4n) is 2.65. The number of carbonyl (C=O) groups is 1. The molecule has 2 N–H and O–H groups in total. The molecule has 0 aliphatic carbocycles. The van der Waals surface area contributed by atoms with Crippen LogP contribution in [0.4, 0.5) is 5.95 Å². The highest BCUT2D eigenvalue weighted by molar-refractivity contribution is 5.83. The average molecular weight is 327 g/mol. The number of aryl methyl sites for hydroxylation is 1. The SMILES string of the molecule is Cc1cn(N=Cc2ccccc2OCCN2CCCC2=O)c(N)n1. The van der Waals surface area contributed by atoms with Gasteiger partial charge in [-0.3, -0.25) is 4.79 Å². The lowest BCUT2D eigenvalue weighted by molar-refractivity contribution is -0.128. The molecule has 7 nitrogen and oxygen atoms in total. The number of amides is 1. The second kappa shape index (κ2) is 7.16. The van der Waals surface area contributed by atoms with Crippen molar-refractivity contribution in [2.45, 2.75) is 19.8 Å². The van der Waals surface area contributed by atoms with E-state index in [2.05, 4.69) is 10.1 Å². The molecule has 1 aliphatic rings. The Morgan fingerprint density at radius 2 is 2.25 bits per heavy atom. The zero-order valence-electron chi connectivity index (χ0n) is 13.7. The highest BCUT2D eigenvalue weighted by Crippen LogP contribution is 2.17. The number of hydrogen-bond donors (Lipinski definition) is 1. The lowest BCUT2D eigenvalue weighted by atomic mass is 10.2. The Balaban J connectivity index is 1.64. The molecule has 1 fully saturated rings. The lowest BCUT2D eigenvalue weighted by Gasteiger charge is -2.16. The number of rotatable bonds is 6. The molecule has 1 amide bonds. The minimum atomic E-state index is 0.208. The van der Waals surface area contributed by atoms with Crippen molar-refractivity contribution in [3.05, 3.63) is 41.7 Å². The Labute approximate surface area is 140 Å². The monoisotopic (exact) mass is 327 g/mol. The van der Waals surface area contributed by atoms with Gasteiger partial charge in [0.25, 0.3) is 0 Å². The minimum absolute atomic E-state index is 0.208. The molecule has 3 rings (SSSR count). The van der Waals surface area contributed by atoms with Gasteiger partial charge in [0.15, 0.2) is 0 Å². The first-order valence-electron chi connectivity index (χ1n) is 7.99. The van der Waals surface area contributed by atoms with Crippen LogP contribution in [0.2, 0.25) is 0 Å². The molecule has 24 heavy (non-hydrogen) atoms. The molecule has 1 saturated heterocycles. The molecule has 0 spiro atoms. The predicted molar refractivity (Wildman–Crippen MR) is 92.1 cm³/mol. The van der Waals surface area contributed by atoms with E-state index < -0.39 is 0 Å². The van der Waals surface area contributed by atoms with Crippen molar-refractivity contribution in [3.8, 4) is 5.75 Å². The maximum Gasteiger partial charge on any atom is 0.222 e. The Kier molecular flexibility index (Phi) is 4.79. The first-order chi connectivity index (χ1) is 11.6. The van der Waals surface area contributed by atoms with E-state index in [1.807, 2.05) is 36.1 Å². The van der Waals surface area contributed by atoms with E-state index in [0.29, 0.717) is 25.5 Å². The van der Waals surface area contributed by atoms with Crippen LogP contribution in [0.3, 0.4) is 0 Å². The van der Waals surface area contributed by atoms with Gasteiger partial charge < -0.3 is 15.4 Å². The average Bonchev–Trinajstić information content (AvgIpc) is 3.11. The summed E-state index contributed by atoms with van der Waals surface area (Å²) >= 11 is 0. The number of ether oxygens (including phenoxy) is 1. The second-order valence-electron chi connectivity index (χ2n) is 5.70. The topological polar surface area (TPSA) is 85.7 Å². The summed E-state index contributed by atoms with van der Waals surface area (Å²) in [7, 11) is 0. The van der Waals surface area contributed by atoms with Gasteiger partial charge in [-0.25, -0.2) is 9.66 Å². The van der Waals surface area contributed by atoms with Crippen molar-refractivity contribution in [1.29, 1.82) is 0 Å². The predicted octanol–water partition coefficient (Wildman–Crippen LogP) is 1.66. The first kappa shape index (κ1) is 16.0. The van der Waals surface area contributed by atoms with Crippen LogP contribution in [-0.2, 0) is 4.79 Å². The number of nitrogens with two attached hydrogens (primary N) is 1. The van der Waals surface area contributed by atoms with Crippen LogP contribution in [0.5, 0.6) is 5.75 Å². The fourth-order valence-corrected chi connectivity index (χ4v) is 2.65. The molecule has 1 aliphatic heterocycles. The van der Waals surface area contributed by atoms with Gasteiger partial charge >= 0.3 is 0 Å². The molecule has 1 aromatic carbocycles. The molecule has 0 radical (unpaired) electrons. The number of likely N-dealkylation sites (tertiary alicyclic amines) is 1. The third-order valence-electron chi connectivity index (χ3n) is 3.87. The van der Waals surface area contributed by atoms with Gasteiger partial charge in [-0.2, -0.15) is 5.10 Å². The minimum Gasteiger partial charge on any atom is -0.491 e. The van der Waals surface area contributed by atoms with Gasteiger partial charge in [-0.15, -0.1) is 0 Å². The summed E-state index contributed by atoms with van der Waals surface area (Å²) in [5, 5.41) is 4.31. The summed E-state index contributed by atoms with van der Waals surface area (Å²) in [6.07, 6.45) is 5.03. The highest BCUT2D eigenvalue weighted by atomic mass is 16.5. The third kappa shape index (κ3) is 3.73. The van der Waals surface area contributed by atoms with Crippen molar-refractivity contribution in [2.24, 2.45) is 5.10 Å². The highest BCUT2D eigenvalue weighted by Gasteiger charge is 2.19. The van der Waals surface area contributed by atoms with Crippen molar-refractivity contribution >= 4 is 18.1 Å². The largest absolute Gasteiger partial charge is 0.491 e. The summed E-state index contributed by atoms with van der Waals surface area (Å²) in [6.45, 7) is 3.75. The van der Waals surface area contributed by atoms with Crippen LogP contribution < -0.4 is 10.5 Å². The van der Waals surface area contributed by atoms with Gasteiger partial charge in [0.2, 0.25) is 11.9 Å². The standard InChI is InChI=1S/C17H21N5O2/c1-13-12-22(17(18)20-13)19-11-14-5-2-3-6-15(14)24-10-9-21-8-4-7-16(21)23/h2-3,5-6,11-12H,4,7-10H2,1H3,(H2,18,20). The van der Waals surface area contributed by atoms with E-state index in [1.54, 1.807) is 12.4 Å². The molecule has 0 bridgehead atoms. The van der Waals surface area contributed by atoms with Crippen molar-refractivity contribution in [3.63, 3.8) is 0 Å². The van der Waals surface area contributed by atoms with E-state index in [1.165, 1.54) is 4.68 Å². The maximum absolute atomic E-state index is 11.6. The summed E-state index contributed by atoms with van der Waals surface area (Å²) in [5.74, 6) is 1.28.